The van der Waals surface area contributed by atoms with E-state index in [2.05, 4.69) is 0 Å². The summed E-state index contributed by atoms with van der Waals surface area (Å²) in [6.07, 6.45) is -0.477. The average molecular weight is 278 g/mol. The van der Waals surface area contributed by atoms with Gasteiger partial charge in [0.25, 0.3) is 5.91 Å². The van der Waals surface area contributed by atoms with Crippen LogP contribution in [0, 0.1) is 6.92 Å². The summed E-state index contributed by atoms with van der Waals surface area (Å²) in [5.41, 5.74) is 7.92. The first-order chi connectivity index (χ1) is 9.40. The molecule has 20 heavy (non-hydrogen) atoms. The molecular weight excluding hydrogens is 252 g/mol. The minimum atomic E-state index is -0.477. The van der Waals surface area contributed by atoms with Crippen molar-refractivity contribution in [3.05, 3.63) is 29.3 Å². The number of hydrogen-bond donors (Lipinski definition) is 1. The summed E-state index contributed by atoms with van der Waals surface area (Å²) in [6.45, 7) is 11.0. The van der Waals surface area contributed by atoms with Crippen LogP contribution in [0.5, 0.6) is 5.75 Å². The van der Waals surface area contributed by atoms with Crippen molar-refractivity contribution in [2.75, 3.05) is 13.1 Å². The summed E-state index contributed by atoms with van der Waals surface area (Å²) in [5, 5.41) is 0. The van der Waals surface area contributed by atoms with Crippen LogP contribution in [0.2, 0.25) is 0 Å². The Hall–Kier alpha value is -1.55. The third kappa shape index (κ3) is 3.97. The van der Waals surface area contributed by atoms with Gasteiger partial charge < -0.3 is 15.4 Å². The number of rotatable bonds is 6. The molecule has 1 rings (SSSR count). The van der Waals surface area contributed by atoms with Gasteiger partial charge in [-0.1, -0.05) is 12.1 Å². The maximum Gasteiger partial charge on any atom is 0.263 e. The van der Waals surface area contributed by atoms with Gasteiger partial charge in [0.1, 0.15) is 5.75 Å². The summed E-state index contributed by atoms with van der Waals surface area (Å²) >= 11 is 0. The number of aryl methyl sites for hydroxylation is 1. The van der Waals surface area contributed by atoms with E-state index in [1.807, 2.05) is 45.9 Å². The van der Waals surface area contributed by atoms with Crippen molar-refractivity contribution < 1.29 is 9.53 Å². The molecule has 2 N–H and O–H groups in total. The molecule has 0 aliphatic heterocycles. The second-order valence-electron chi connectivity index (χ2n) is 5.08. The monoisotopic (exact) mass is 278 g/mol. The van der Waals surface area contributed by atoms with Crippen LogP contribution in [0.3, 0.4) is 0 Å². The number of hydrogen-bond acceptors (Lipinski definition) is 3. The van der Waals surface area contributed by atoms with E-state index < -0.39 is 6.10 Å². The van der Waals surface area contributed by atoms with E-state index in [-0.39, 0.29) is 11.9 Å². The van der Waals surface area contributed by atoms with Gasteiger partial charge in [0.15, 0.2) is 6.10 Å². The molecule has 1 unspecified atom stereocenters. The highest BCUT2D eigenvalue weighted by molar-refractivity contribution is 5.80. The van der Waals surface area contributed by atoms with Crippen LogP contribution in [0.15, 0.2) is 18.2 Å². The number of carbonyl (C=O) groups excluding carboxylic acids is 1. The molecule has 0 aliphatic carbocycles. The van der Waals surface area contributed by atoms with Crippen molar-refractivity contribution in [3.8, 4) is 5.75 Å². The van der Waals surface area contributed by atoms with Crippen LogP contribution in [0.4, 0.5) is 0 Å². The molecule has 0 saturated carbocycles. The summed E-state index contributed by atoms with van der Waals surface area (Å²) in [6, 6.07) is 5.84. The van der Waals surface area contributed by atoms with Gasteiger partial charge in [0.05, 0.1) is 0 Å². The highest BCUT2D eigenvalue weighted by Crippen LogP contribution is 2.23. The Balaban J connectivity index is 2.80. The van der Waals surface area contributed by atoms with Gasteiger partial charge in [-0.2, -0.15) is 0 Å². The average Bonchev–Trinajstić information content (AvgIpc) is 2.41. The van der Waals surface area contributed by atoms with E-state index in [9.17, 15) is 4.79 Å². The predicted octanol–water partition coefficient (Wildman–Crippen LogP) is 2.65. The van der Waals surface area contributed by atoms with Crippen molar-refractivity contribution in [1.82, 2.24) is 4.90 Å². The standard InChI is InChI=1S/C16H26N2O2/c1-6-18(7-2)16(19)13(5)20-15-9-8-14(12(4)17)10-11(15)3/h8-10,12-13H,6-7,17H2,1-5H3/t12-,13?/m1/s1. The largest absolute Gasteiger partial charge is 0.481 e. The number of ether oxygens (including phenoxy) is 1. The van der Waals surface area contributed by atoms with E-state index in [1.165, 1.54) is 0 Å². The Labute approximate surface area is 121 Å². The first-order valence-electron chi connectivity index (χ1n) is 7.22. The van der Waals surface area contributed by atoms with Gasteiger partial charge in [0.2, 0.25) is 0 Å². The van der Waals surface area contributed by atoms with Crippen molar-refractivity contribution in [1.29, 1.82) is 0 Å². The number of nitrogens with two attached hydrogens (primary N) is 1. The number of carbonyl (C=O) groups is 1. The summed E-state index contributed by atoms with van der Waals surface area (Å²) < 4.78 is 5.79. The molecule has 1 aromatic rings. The van der Waals surface area contributed by atoms with Crippen LogP contribution >= 0.6 is 0 Å². The zero-order valence-electron chi connectivity index (χ0n) is 13.1. The molecule has 0 fully saturated rings. The topological polar surface area (TPSA) is 55.6 Å². The fraction of sp³-hybridized carbons (Fsp3) is 0.562. The van der Waals surface area contributed by atoms with Gasteiger partial charge in [-0.15, -0.1) is 0 Å². The number of benzene rings is 1. The van der Waals surface area contributed by atoms with E-state index >= 15 is 0 Å². The second-order valence-corrected chi connectivity index (χ2v) is 5.08. The zero-order chi connectivity index (χ0) is 15.3. The number of nitrogens with zero attached hydrogens (tertiary/aromatic N) is 1. The van der Waals surface area contributed by atoms with Crippen LogP contribution in [0.25, 0.3) is 0 Å². The molecule has 0 heterocycles. The van der Waals surface area contributed by atoms with E-state index in [0.29, 0.717) is 13.1 Å². The smallest absolute Gasteiger partial charge is 0.263 e. The SMILES string of the molecule is CCN(CC)C(=O)C(C)Oc1ccc([C@@H](C)N)cc1C. The van der Waals surface area contributed by atoms with Crippen molar-refractivity contribution >= 4 is 5.91 Å². The molecule has 4 heteroatoms. The summed E-state index contributed by atoms with van der Waals surface area (Å²) in [4.78, 5) is 14.0. The van der Waals surface area contributed by atoms with E-state index in [0.717, 1.165) is 16.9 Å². The highest BCUT2D eigenvalue weighted by atomic mass is 16.5. The minimum absolute atomic E-state index is 0.00233. The number of amides is 1. The third-order valence-corrected chi connectivity index (χ3v) is 3.45. The second kappa shape index (κ2) is 7.29. The quantitative estimate of drug-likeness (QED) is 0.870. The maximum absolute atomic E-state index is 12.2. The van der Waals surface area contributed by atoms with Crippen molar-refractivity contribution in [3.63, 3.8) is 0 Å². The van der Waals surface area contributed by atoms with Crippen LogP contribution in [0.1, 0.15) is 44.9 Å². The lowest BCUT2D eigenvalue weighted by Crippen LogP contribution is -2.40. The Morgan fingerprint density at radius 2 is 1.90 bits per heavy atom. The molecule has 4 nitrogen and oxygen atoms in total. The zero-order valence-corrected chi connectivity index (χ0v) is 13.1. The maximum atomic E-state index is 12.2. The Morgan fingerprint density at radius 1 is 1.30 bits per heavy atom. The molecule has 0 aliphatic rings. The van der Waals surface area contributed by atoms with Crippen LogP contribution < -0.4 is 10.5 Å². The lowest BCUT2D eigenvalue weighted by Gasteiger charge is -2.24. The lowest BCUT2D eigenvalue weighted by atomic mass is 10.1. The molecule has 2 atom stereocenters. The Bertz CT molecular complexity index is 454. The molecule has 0 bridgehead atoms. The van der Waals surface area contributed by atoms with Crippen molar-refractivity contribution in [2.45, 2.75) is 46.8 Å². The summed E-state index contributed by atoms with van der Waals surface area (Å²) in [7, 11) is 0. The lowest BCUT2D eigenvalue weighted by molar-refractivity contribution is -0.137. The molecular formula is C16H26N2O2. The molecule has 112 valence electrons. The molecule has 0 spiro atoms. The van der Waals surface area contributed by atoms with Crippen LogP contribution in [-0.2, 0) is 4.79 Å². The fourth-order valence-electron chi connectivity index (χ4n) is 2.12. The predicted molar refractivity (Wildman–Crippen MR) is 81.8 cm³/mol. The highest BCUT2D eigenvalue weighted by Gasteiger charge is 2.20. The minimum Gasteiger partial charge on any atom is -0.481 e. The Kier molecular flexibility index (Phi) is 6.02. The first-order valence-corrected chi connectivity index (χ1v) is 7.22. The fourth-order valence-corrected chi connectivity index (χ4v) is 2.12. The summed E-state index contributed by atoms with van der Waals surface area (Å²) in [5.74, 6) is 0.757. The van der Waals surface area contributed by atoms with Gasteiger partial charge in [-0.3, -0.25) is 4.79 Å². The third-order valence-electron chi connectivity index (χ3n) is 3.45. The van der Waals surface area contributed by atoms with Gasteiger partial charge in [-0.05, 0) is 51.8 Å². The van der Waals surface area contributed by atoms with Gasteiger partial charge in [-0.25, -0.2) is 0 Å². The van der Waals surface area contributed by atoms with Gasteiger partial charge in [0, 0.05) is 19.1 Å². The van der Waals surface area contributed by atoms with Crippen molar-refractivity contribution in [2.24, 2.45) is 5.73 Å². The van der Waals surface area contributed by atoms with Crippen LogP contribution in [-0.4, -0.2) is 30.0 Å². The molecule has 1 amide bonds. The first kappa shape index (κ1) is 16.5. The van der Waals surface area contributed by atoms with E-state index in [4.69, 9.17) is 10.5 Å². The Morgan fingerprint density at radius 3 is 2.35 bits per heavy atom. The number of likely N-dealkylation sites (N-methyl/N-ethyl adjacent to an activating group) is 1. The van der Waals surface area contributed by atoms with E-state index in [1.54, 1.807) is 11.8 Å². The molecule has 1 aromatic carbocycles. The van der Waals surface area contributed by atoms with Gasteiger partial charge >= 0.3 is 0 Å². The normalized spacial score (nSPS) is 13.7. The molecule has 0 aromatic heterocycles. The molecule has 0 radical (unpaired) electrons. The molecule has 0 saturated heterocycles.